The fraction of sp³-hybridized carbons (Fsp3) is 0.375. The summed E-state index contributed by atoms with van der Waals surface area (Å²) in [6, 6.07) is 8.29. The predicted molar refractivity (Wildman–Crippen MR) is 109 cm³/mol. The second kappa shape index (κ2) is 7.34. The Bertz CT molecular complexity index is 940. The first-order valence-electron chi connectivity index (χ1n) is 9.91. The third-order valence-electron chi connectivity index (χ3n) is 5.89. The van der Waals surface area contributed by atoms with Crippen molar-refractivity contribution in [1.82, 2.24) is 0 Å². The maximum Gasteiger partial charge on any atom is 0.349 e. The first kappa shape index (κ1) is 18.6. The fourth-order valence-electron chi connectivity index (χ4n) is 4.34. The lowest BCUT2D eigenvalue weighted by Crippen LogP contribution is -2.17. The van der Waals surface area contributed by atoms with Crippen molar-refractivity contribution in [2.75, 3.05) is 6.61 Å². The average molecular weight is 378 g/mol. The van der Waals surface area contributed by atoms with E-state index in [0.29, 0.717) is 5.92 Å². The number of benzene rings is 2. The molecule has 2 aromatic rings. The second-order valence-corrected chi connectivity index (χ2v) is 7.72. The van der Waals surface area contributed by atoms with Gasteiger partial charge in [-0.25, -0.2) is 4.79 Å². The molecule has 1 atom stereocenters. The summed E-state index contributed by atoms with van der Waals surface area (Å²) in [5.41, 5.74) is 7.38. The molecule has 0 unspecified atom stereocenters. The van der Waals surface area contributed by atoms with E-state index in [1.807, 2.05) is 19.1 Å². The molecule has 0 radical (unpaired) electrons. The number of hydrogen-bond donors (Lipinski definition) is 1. The standard InChI is InChI=1S/C24H26O4/c1-4-27-23(24(25)26)21-14(2)7-10-19(16-8-9-16)22(21)18-11-12-20-17(15(18)3)6-5-13-28-20/h4,7,10-12,16,23H,1,5-6,8-9,13H2,2-3H3,(H,25,26)/t23-/m0/s1. The zero-order valence-electron chi connectivity index (χ0n) is 16.5. The van der Waals surface area contributed by atoms with Gasteiger partial charge in [0.15, 0.2) is 0 Å². The largest absolute Gasteiger partial charge is 0.493 e. The van der Waals surface area contributed by atoms with E-state index in [4.69, 9.17) is 9.47 Å². The van der Waals surface area contributed by atoms with Gasteiger partial charge in [-0.3, -0.25) is 0 Å². The topological polar surface area (TPSA) is 55.8 Å². The minimum Gasteiger partial charge on any atom is -0.493 e. The molecule has 2 aliphatic rings. The van der Waals surface area contributed by atoms with Crippen molar-refractivity contribution in [2.24, 2.45) is 0 Å². The highest BCUT2D eigenvalue weighted by molar-refractivity contribution is 5.84. The van der Waals surface area contributed by atoms with Crippen molar-refractivity contribution in [2.45, 2.75) is 51.6 Å². The predicted octanol–water partition coefficient (Wildman–Crippen LogP) is 5.46. The molecule has 146 valence electrons. The number of rotatable bonds is 6. The molecule has 0 spiro atoms. The van der Waals surface area contributed by atoms with Gasteiger partial charge in [0, 0.05) is 5.56 Å². The van der Waals surface area contributed by atoms with Gasteiger partial charge in [0.25, 0.3) is 0 Å². The van der Waals surface area contributed by atoms with Crippen LogP contribution in [0.5, 0.6) is 5.75 Å². The summed E-state index contributed by atoms with van der Waals surface area (Å²) in [6.45, 7) is 8.41. The summed E-state index contributed by atoms with van der Waals surface area (Å²) < 4.78 is 11.3. The van der Waals surface area contributed by atoms with Crippen LogP contribution in [0, 0.1) is 13.8 Å². The Hall–Kier alpha value is -2.75. The van der Waals surface area contributed by atoms with Crippen molar-refractivity contribution < 1.29 is 19.4 Å². The van der Waals surface area contributed by atoms with E-state index in [1.54, 1.807) is 0 Å². The van der Waals surface area contributed by atoms with Gasteiger partial charge in [0.2, 0.25) is 6.10 Å². The van der Waals surface area contributed by atoms with Gasteiger partial charge in [0.05, 0.1) is 12.9 Å². The number of aliphatic carboxylic acids is 1. The van der Waals surface area contributed by atoms with Gasteiger partial charge >= 0.3 is 5.97 Å². The lowest BCUT2D eigenvalue weighted by molar-refractivity contribution is -0.147. The molecule has 2 aromatic carbocycles. The molecule has 1 aliphatic heterocycles. The van der Waals surface area contributed by atoms with Crippen molar-refractivity contribution in [1.29, 1.82) is 0 Å². The highest BCUT2D eigenvalue weighted by Crippen LogP contribution is 2.49. The van der Waals surface area contributed by atoms with E-state index < -0.39 is 12.1 Å². The van der Waals surface area contributed by atoms with Gasteiger partial charge in [-0.05, 0) is 84.9 Å². The van der Waals surface area contributed by atoms with E-state index in [2.05, 4.69) is 25.6 Å². The van der Waals surface area contributed by atoms with E-state index in [1.165, 1.54) is 23.0 Å². The summed E-state index contributed by atoms with van der Waals surface area (Å²) in [7, 11) is 0. The van der Waals surface area contributed by atoms with Gasteiger partial charge in [-0.15, -0.1) is 0 Å². The minimum atomic E-state index is -1.07. The van der Waals surface area contributed by atoms with E-state index in [0.717, 1.165) is 60.3 Å². The van der Waals surface area contributed by atoms with Crippen LogP contribution in [0.4, 0.5) is 0 Å². The second-order valence-electron chi connectivity index (χ2n) is 7.72. The van der Waals surface area contributed by atoms with Crippen LogP contribution in [-0.4, -0.2) is 17.7 Å². The molecule has 0 saturated heterocycles. The van der Waals surface area contributed by atoms with Crippen molar-refractivity contribution in [3.05, 3.63) is 64.9 Å². The Balaban J connectivity index is 1.99. The van der Waals surface area contributed by atoms with E-state index in [9.17, 15) is 9.90 Å². The number of carboxylic acid groups (broad SMARTS) is 1. The third-order valence-corrected chi connectivity index (χ3v) is 5.89. The molecule has 4 nitrogen and oxygen atoms in total. The van der Waals surface area contributed by atoms with Crippen LogP contribution in [0.1, 0.15) is 59.1 Å². The SMILES string of the molecule is C=CO[C@H](C(=O)O)c1c(C)ccc(C2CC2)c1-c1ccc2c(c1C)CCCO2. The number of hydrogen-bond acceptors (Lipinski definition) is 3. The molecule has 0 amide bonds. The van der Waals surface area contributed by atoms with Crippen molar-refractivity contribution >= 4 is 5.97 Å². The summed E-state index contributed by atoms with van der Waals surface area (Å²) in [4.78, 5) is 12.0. The fourth-order valence-corrected chi connectivity index (χ4v) is 4.34. The Morgan fingerprint density at radius 3 is 2.75 bits per heavy atom. The van der Waals surface area contributed by atoms with Crippen LogP contribution in [-0.2, 0) is 16.0 Å². The quantitative estimate of drug-likeness (QED) is 0.678. The molecule has 0 aromatic heterocycles. The van der Waals surface area contributed by atoms with Crippen LogP contribution >= 0.6 is 0 Å². The number of fused-ring (bicyclic) bond motifs is 1. The molecule has 0 bridgehead atoms. The van der Waals surface area contributed by atoms with E-state index in [-0.39, 0.29) is 0 Å². The molecular weight excluding hydrogens is 352 g/mol. The monoisotopic (exact) mass is 378 g/mol. The normalized spacial score (nSPS) is 16.6. The number of carboxylic acids is 1. The number of ether oxygens (including phenoxy) is 2. The molecule has 1 N–H and O–H groups in total. The maximum atomic E-state index is 12.0. The molecule has 1 aliphatic carbocycles. The first-order chi connectivity index (χ1) is 13.5. The lowest BCUT2D eigenvalue weighted by Gasteiger charge is -2.26. The smallest absolute Gasteiger partial charge is 0.349 e. The Morgan fingerprint density at radius 1 is 1.29 bits per heavy atom. The number of carbonyl (C=O) groups is 1. The highest BCUT2D eigenvalue weighted by Gasteiger charge is 2.34. The molecule has 28 heavy (non-hydrogen) atoms. The Kier molecular flexibility index (Phi) is 4.88. The Morgan fingerprint density at radius 2 is 2.07 bits per heavy atom. The number of aryl methyl sites for hydroxylation is 1. The molecule has 1 heterocycles. The summed E-state index contributed by atoms with van der Waals surface area (Å²) in [5, 5.41) is 9.87. The van der Waals surface area contributed by atoms with Crippen LogP contribution in [0.25, 0.3) is 11.1 Å². The minimum absolute atomic E-state index is 0.485. The summed E-state index contributed by atoms with van der Waals surface area (Å²) >= 11 is 0. The van der Waals surface area contributed by atoms with Crippen LogP contribution in [0.2, 0.25) is 0 Å². The zero-order chi connectivity index (χ0) is 19.8. The maximum absolute atomic E-state index is 12.0. The van der Waals surface area contributed by atoms with Crippen LogP contribution < -0.4 is 4.74 Å². The van der Waals surface area contributed by atoms with Gasteiger partial charge < -0.3 is 14.6 Å². The van der Waals surface area contributed by atoms with Gasteiger partial charge in [-0.2, -0.15) is 0 Å². The van der Waals surface area contributed by atoms with Crippen molar-refractivity contribution in [3.63, 3.8) is 0 Å². The molecule has 4 rings (SSSR count). The summed E-state index contributed by atoms with van der Waals surface area (Å²) in [5.74, 6) is 0.433. The zero-order valence-corrected chi connectivity index (χ0v) is 16.5. The Labute approximate surface area is 165 Å². The average Bonchev–Trinajstić information content (AvgIpc) is 3.52. The van der Waals surface area contributed by atoms with Gasteiger partial charge in [0.1, 0.15) is 5.75 Å². The summed E-state index contributed by atoms with van der Waals surface area (Å²) in [6.07, 6.45) is 4.42. The van der Waals surface area contributed by atoms with Gasteiger partial charge in [-0.1, -0.05) is 24.8 Å². The van der Waals surface area contributed by atoms with Crippen LogP contribution in [0.15, 0.2) is 37.1 Å². The van der Waals surface area contributed by atoms with E-state index >= 15 is 0 Å². The molecule has 4 heteroatoms. The van der Waals surface area contributed by atoms with Crippen LogP contribution in [0.3, 0.4) is 0 Å². The van der Waals surface area contributed by atoms with Crippen molar-refractivity contribution in [3.8, 4) is 16.9 Å². The molecule has 1 saturated carbocycles. The molecular formula is C24H26O4. The molecule has 1 fully saturated rings. The highest BCUT2D eigenvalue weighted by atomic mass is 16.5. The lowest BCUT2D eigenvalue weighted by atomic mass is 9.83. The third kappa shape index (κ3) is 3.17. The first-order valence-corrected chi connectivity index (χ1v) is 9.91.